The molecule has 0 aliphatic heterocycles. The molecule has 0 amide bonds. The maximum Gasteiger partial charge on any atom is 0.191 e. The maximum atomic E-state index is 14.1. The van der Waals surface area contributed by atoms with Crippen molar-refractivity contribution < 1.29 is 8.78 Å². The van der Waals surface area contributed by atoms with E-state index in [-0.39, 0.29) is 5.56 Å². The Morgan fingerprint density at radius 1 is 1.17 bits per heavy atom. The van der Waals surface area contributed by atoms with Crippen LogP contribution in [0.3, 0.4) is 0 Å². The number of hydrogen-bond donors (Lipinski definition) is 2. The second-order valence-corrected chi connectivity index (χ2v) is 6.53. The summed E-state index contributed by atoms with van der Waals surface area (Å²) in [7, 11) is 5.25. The number of halogens is 2. The number of rotatable bonds is 6. The first-order valence-corrected chi connectivity index (χ1v) is 8.48. The van der Waals surface area contributed by atoms with Crippen LogP contribution in [0.25, 0.3) is 0 Å². The number of aliphatic imine (C=N–C) groups is 1. The molecule has 1 heterocycles. The van der Waals surface area contributed by atoms with Gasteiger partial charge in [0.15, 0.2) is 5.96 Å². The highest BCUT2D eigenvalue weighted by Gasteiger charge is 2.22. The van der Waals surface area contributed by atoms with Crippen molar-refractivity contribution in [3.05, 3.63) is 57.8 Å². The molecule has 1 unspecified atom stereocenters. The number of likely N-dealkylation sites (N-methyl/N-ethyl adjacent to an activating group) is 1. The van der Waals surface area contributed by atoms with Gasteiger partial charge < -0.3 is 15.5 Å². The van der Waals surface area contributed by atoms with Crippen LogP contribution >= 0.6 is 11.3 Å². The van der Waals surface area contributed by atoms with Crippen LogP contribution in [0.1, 0.15) is 16.5 Å². The number of hydrogen-bond acceptors (Lipinski definition) is 3. The number of benzene rings is 1. The summed E-state index contributed by atoms with van der Waals surface area (Å²) in [5, 5.41) is 8.33. The molecule has 2 aromatic rings. The minimum Gasteiger partial charge on any atom is -0.354 e. The molecule has 1 atom stereocenters. The summed E-state index contributed by atoms with van der Waals surface area (Å²) >= 11 is 1.65. The van der Waals surface area contributed by atoms with Crippen LogP contribution in [0.4, 0.5) is 8.78 Å². The van der Waals surface area contributed by atoms with E-state index >= 15 is 0 Å². The van der Waals surface area contributed by atoms with Gasteiger partial charge in [-0.1, -0.05) is 12.1 Å². The van der Waals surface area contributed by atoms with Gasteiger partial charge in [0.1, 0.15) is 11.6 Å². The molecule has 0 bridgehead atoms. The molecule has 0 saturated heterocycles. The van der Waals surface area contributed by atoms with E-state index in [1.54, 1.807) is 37.4 Å². The molecule has 2 rings (SSSR count). The van der Waals surface area contributed by atoms with E-state index in [9.17, 15) is 8.78 Å². The number of nitrogens with one attached hydrogen (secondary N) is 2. The Kier molecular flexibility index (Phi) is 6.69. The highest BCUT2D eigenvalue weighted by molar-refractivity contribution is 7.09. The van der Waals surface area contributed by atoms with Crippen molar-refractivity contribution in [2.75, 3.05) is 27.7 Å². The molecule has 2 N–H and O–H groups in total. The Labute approximate surface area is 145 Å². The molecule has 0 radical (unpaired) electrons. The van der Waals surface area contributed by atoms with E-state index in [0.717, 1.165) is 0 Å². The first-order chi connectivity index (χ1) is 11.5. The van der Waals surface area contributed by atoms with Crippen molar-refractivity contribution in [1.82, 2.24) is 15.5 Å². The summed E-state index contributed by atoms with van der Waals surface area (Å²) < 4.78 is 28.1. The second-order valence-electron chi connectivity index (χ2n) is 5.50. The number of thiophene rings is 1. The normalized spacial score (nSPS) is 13.2. The lowest BCUT2D eigenvalue weighted by Crippen LogP contribution is -2.41. The van der Waals surface area contributed by atoms with Crippen LogP contribution in [0, 0.1) is 11.6 Å². The average Bonchev–Trinajstić information content (AvgIpc) is 3.05. The monoisotopic (exact) mass is 352 g/mol. The molecule has 0 fully saturated rings. The topological polar surface area (TPSA) is 39.7 Å². The third kappa shape index (κ3) is 4.75. The quantitative estimate of drug-likeness (QED) is 0.620. The van der Waals surface area contributed by atoms with Crippen LogP contribution in [0.15, 0.2) is 40.7 Å². The Hall–Kier alpha value is -1.99. The highest BCUT2D eigenvalue weighted by Crippen LogP contribution is 2.23. The van der Waals surface area contributed by atoms with Gasteiger partial charge in [-0.15, -0.1) is 11.3 Å². The van der Waals surface area contributed by atoms with Gasteiger partial charge in [0.25, 0.3) is 0 Å². The standard InChI is InChI=1S/C17H22F2N4S/c1-20-17(21-10-12-6-5-9-24-12)22-11-15(23(2)3)16-13(18)7-4-8-14(16)19/h4-9,15H,10-11H2,1-3H3,(H2,20,21,22). The zero-order valence-electron chi connectivity index (χ0n) is 14.0. The lowest BCUT2D eigenvalue weighted by atomic mass is 10.0. The molecule has 0 spiro atoms. The highest BCUT2D eigenvalue weighted by atomic mass is 32.1. The molecule has 0 saturated carbocycles. The fourth-order valence-electron chi connectivity index (χ4n) is 2.37. The van der Waals surface area contributed by atoms with Crippen molar-refractivity contribution >= 4 is 17.3 Å². The van der Waals surface area contributed by atoms with Gasteiger partial charge >= 0.3 is 0 Å². The zero-order valence-corrected chi connectivity index (χ0v) is 14.8. The van der Waals surface area contributed by atoms with E-state index in [0.29, 0.717) is 19.0 Å². The predicted octanol–water partition coefficient (Wildman–Crippen LogP) is 2.99. The van der Waals surface area contributed by atoms with E-state index in [4.69, 9.17) is 0 Å². The molecule has 130 valence electrons. The van der Waals surface area contributed by atoms with E-state index in [2.05, 4.69) is 15.6 Å². The van der Waals surface area contributed by atoms with E-state index < -0.39 is 17.7 Å². The summed E-state index contributed by atoms with van der Waals surface area (Å²) in [6.07, 6.45) is 0. The Bertz CT molecular complexity index is 651. The minimum absolute atomic E-state index is 0.0590. The zero-order chi connectivity index (χ0) is 17.5. The molecule has 1 aromatic heterocycles. The molecule has 0 aliphatic rings. The SMILES string of the molecule is CN=C(NCc1cccs1)NCC(c1c(F)cccc1F)N(C)C. The predicted molar refractivity (Wildman–Crippen MR) is 95.3 cm³/mol. The fraction of sp³-hybridized carbons (Fsp3) is 0.353. The van der Waals surface area contributed by atoms with Crippen LogP contribution in [0.5, 0.6) is 0 Å². The van der Waals surface area contributed by atoms with Crippen molar-refractivity contribution in [2.24, 2.45) is 4.99 Å². The van der Waals surface area contributed by atoms with Gasteiger partial charge in [-0.3, -0.25) is 4.99 Å². The van der Waals surface area contributed by atoms with E-state index in [1.807, 2.05) is 17.5 Å². The minimum atomic E-state index is -0.544. The molecule has 1 aromatic carbocycles. The second kappa shape index (κ2) is 8.75. The number of nitrogens with zero attached hydrogens (tertiary/aromatic N) is 2. The Morgan fingerprint density at radius 3 is 2.42 bits per heavy atom. The molecular formula is C17H22F2N4S. The first-order valence-electron chi connectivity index (χ1n) is 7.60. The molecular weight excluding hydrogens is 330 g/mol. The Balaban J connectivity index is 2.02. The summed E-state index contributed by atoms with van der Waals surface area (Å²) in [4.78, 5) is 7.11. The lowest BCUT2D eigenvalue weighted by molar-refractivity contribution is 0.282. The summed E-state index contributed by atoms with van der Waals surface area (Å²) in [5.74, 6) is -0.499. The smallest absolute Gasteiger partial charge is 0.191 e. The van der Waals surface area contributed by atoms with Crippen LogP contribution in [-0.4, -0.2) is 38.5 Å². The number of guanidine groups is 1. The third-order valence-corrected chi connectivity index (χ3v) is 4.53. The molecule has 7 heteroatoms. The van der Waals surface area contributed by atoms with Gasteiger partial charge in [-0.25, -0.2) is 8.78 Å². The van der Waals surface area contributed by atoms with Gasteiger partial charge in [-0.05, 0) is 37.7 Å². The Morgan fingerprint density at radius 2 is 1.88 bits per heavy atom. The molecule has 0 aliphatic carbocycles. The maximum absolute atomic E-state index is 14.1. The average molecular weight is 352 g/mol. The van der Waals surface area contributed by atoms with Crippen LogP contribution in [-0.2, 0) is 6.54 Å². The fourth-order valence-corrected chi connectivity index (χ4v) is 3.01. The van der Waals surface area contributed by atoms with Crippen molar-refractivity contribution in [1.29, 1.82) is 0 Å². The third-order valence-electron chi connectivity index (χ3n) is 3.65. The lowest BCUT2D eigenvalue weighted by Gasteiger charge is -2.26. The molecule has 4 nitrogen and oxygen atoms in total. The van der Waals surface area contributed by atoms with Crippen molar-refractivity contribution in [3.8, 4) is 0 Å². The van der Waals surface area contributed by atoms with Crippen molar-refractivity contribution in [3.63, 3.8) is 0 Å². The van der Waals surface area contributed by atoms with Crippen LogP contribution < -0.4 is 10.6 Å². The van der Waals surface area contributed by atoms with Gasteiger partial charge in [0, 0.05) is 24.0 Å². The largest absolute Gasteiger partial charge is 0.354 e. The first kappa shape index (κ1) is 18.4. The van der Waals surface area contributed by atoms with Crippen molar-refractivity contribution in [2.45, 2.75) is 12.6 Å². The van der Waals surface area contributed by atoms with Gasteiger partial charge in [0.05, 0.1) is 12.6 Å². The summed E-state index contributed by atoms with van der Waals surface area (Å²) in [6.45, 7) is 0.979. The summed E-state index contributed by atoms with van der Waals surface area (Å²) in [6, 6.07) is 7.49. The van der Waals surface area contributed by atoms with Crippen LogP contribution in [0.2, 0.25) is 0 Å². The molecule has 24 heavy (non-hydrogen) atoms. The van der Waals surface area contributed by atoms with Gasteiger partial charge in [0.2, 0.25) is 0 Å². The summed E-state index contributed by atoms with van der Waals surface area (Å²) in [5.41, 5.74) is 0.0590. The van der Waals surface area contributed by atoms with E-state index in [1.165, 1.54) is 23.1 Å². The van der Waals surface area contributed by atoms with Gasteiger partial charge in [-0.2, -0.15) is 0 Å².